The van der Waals surface area contributed by atoms with Crippen LogP contribution >= 0.6 is 28.0 Å². The quantitative estimate of drug-likeness (QED) is 0.367. The van der Waals surface area contributed by atoms with E-state index >= 15 is 0 Å². The number of hydrogen-bond acceptors (Lipinski definition) is 5. The Morgan fingerprint density at radius 3 is 2.42 bits per heavy atom. The molecule has 2 aromatic carbocycles. The standard InChI is InChI=1S/C25H23BrN2O4S/c1-25(20-8-4-2-6-18(20)19-7-3-5-9-21(19)25)33-32-14-16-11-17(10-15(16)13-29)28-12-22(26)23(30)27-24(28)31/h2-10,12,16-17,29H,11,13-14H2,1H3,(H,27,30,31)/t16-,17+/m1/s1. The van der Waals surface area contributed by atoms with Crippen molar-refractivity contribution in [1.29, 1.82) is 0 Å². The van der Waals surface area contributed by atoms with Gasteiger partial charge in [0.1, 0.15) is 0 Å². The lowest BCUT2D eigenvalue weighted by Gasteiger charge is -2.26. The number of halogens is 1. The second kappa shape index (κ2) is 8.76. The van der Waals surface area contributed by atoms with Crippen LogP contribution in [0.15, 0.2) is 80.4 Å². The van der Waals surface area contributed by atoms with E-state index in [0.717, 1.165) is 5.57 Å². The maximum Gasteiger partial charge on any atom is 0.328 e. The summed E-state index contributed by atoms with van der Waals surface area (Å²) in [5.74, 6) is -0.0272. The highest BCUT2D eigenvalue weighted by molar-refractivity contribution is 9.10. The summed E-state index contributed by atoms with van der Waals surface area (Å²) in [6.07, 6.45) is 4.01. The number of allylic oxidation sites excluding steroid dienone is 1. The molecule has 2 atom stereocenters. The van der Waals surface area contributed by atoms with Crippen LogP contribution < -0.4 is 11.2 Å². The van der Waals surface area contributed by atoms with E-state index in [1.54, 1.807) is 0 Å². The van der Waals surface area contributed by atoms with Gasteiger partial charge in [0.15, 0.2) is 0 Å². The Balaban J connectivity index is 1.34. The van der Waals surface area contributed by atoms with Crippen LogP contribution in [0.5, 0.6) is 0 Å². The maximum atomic E-state index is 12.3. The van der Waals surface area contributed by atoms with Crippen LogP contribution in [0.25, 0.3) is 11.1 Å². The Hall–Kier alpha value is -2.39. The molecule has 0 fully saturated rings. The van der Waals surface area contributed by atoms with E-state index in [9.17, 15) is 14.7 Å². The zero-order chi connectivity index (χ0) is 23.2. The average Bonchev–Trinajstić information content (AvgIpc) is 3.34. The fourth-order valence-corrected chi connectivity index (χ4v) is 6.21. The molecule has 0 aliphatic heterocycles. The van der Waals surface area contributed by atoms with Gasteiger partial charge in [0, 0.05) is 24.2 Å². The molecule has 8 heteroatoms. The number of rotatable bonds is 6. The van der Waals surface area contributed by atoms with Crippen LogP contribution in [0.3, 0.4) is 0 Å². The minimum absolute atomic E-state index is 0.0272. The molecule has 0 unspecified atom stereocenters. The van der Waals surface area contributed by atoms with Gasteiger partial charge in [0.25, 0.3) is 5.56 Å². The van der Waals surface area contributed by atoms with Crippen molar-refractivity contribution in [2.45, 2.75) is 24.1 Å². The number of benzene rings is 2. The predicted molar refractivity (Wildman–Crippen MR) is 133 cm³/mol. The third-order valence-corrected chi connectivity index (χ3v) is 8.18. The van der Waals surface area contributed by atoms with Crippen molar-refractivity contribution < 1.29 is 9.29 Å². The molecule has 2 aliphatic rings. The summed E-state index contributed by atoms with van der Waals surface area (Å²) in [6.45, 7) is 2.49. The smallest absolute Gasteiger partial charge is 0.328 e. The molecule has 5 rings (SSSR count). The van der Waals surface area contributed by atoms with Crippen LogP contribution in [-0.4, -0.2) is 27.9 Å². The van der Waals surface area contributed by atoms with Gasteiger partial charge in [-0.25, -0.2) is 4.79 Å². The number of fused-ring (bicyclic) bond motifs is 3. The summed E-state index contributed by atoms with van der Waals surface area (Å²) >= 11 is 4.63. The Morgan fingerprint density at radius 2 is 1.79 bits per heavy atom. The number of aliphatic hydroxyl groups excluding tert-OH is 1. The molecule has 2 aliphatic carbocycles. The van der Waals surface area contributed by atoms with Gasteiger partial charge < -0.3 is 9.29 Å². The van der Waals surface area contributed by atoms with E-state index in [1.807, 2.05) is 6.08 Å². The Bertz CT molecular complexity index is 1320. The van der Waals surface area contributed by atoms with Crippen LogP contribution in [0.2, 0.25) is 0 Å². The predicted octanol–water partition coefficient (Wildman–Crippen LogP) is 4.39. The monoisotopic (exact) mass is 526 g/mol. The molecular weight excluding hydrogens is 504 g/mol. The van der Waals surface area contributed by atoms with Gasteiger partial charge in [0.2, 0.25) is 0 Å². The third-order valence-electron chi connectivity index (χ3n) is 6.59. The number of nitrogens with zero attached hydrogens (tertiary/aromatic N) is 1. The average molecular weight is 527 g/mol. The lowest BCUT2D eigenvalue weighted by atomic mass is 9.98. The summed E-state index contributed by atoms with van der Waals surface area (Å²) in [5.41, 5.74) is 4.82. The molecule has 1 aromatic heterocycles. The van der Waals surface area contributed by atoms with Crippen molar-refractivity contribution in [3.8, 4) is 11.1 Å². The zero-order valence-corrected chi connectivity index (χ0v) is 20.4. The molecule has 0 bridgehead atoms. The molecule has 2 N–H and O–H groups in total. The van der Waals surface area contributed by atoms with Crippen molar-refractivity contribution in [1.82, 2.24) is 9.55 Å². The highest BCUT2D eigenvalue weighted by Gasteiger charge is 2.41. The molecule has 0 saturated carbocycles. The molecule has 1 heterocycles. The number of nitrogens with one attached hydrogen (secondary N) is 1. The fraction of sp³-hybridized carbons (Fsp3) is 0.280. The van der Waals surface area contributed by atoms with E-state index < -0.39 is 11.2 Å². The molecular formula is C25H23BrN2O4S. The largest absolute Gasteiger partial charge is 0.392 e. The summed E-state index contributed by atoms with van der Waals surface area (Å²) < 4.78 is 7.66. The molecule has 3 aromatic rings. The molecule has 0 saturated heterocycles. The molecule has 33 heavy (non-hydrogen) atoms. The highest BCUT2D eigenvalue weighted by Crippen LogP contribution is 2.55. The number of aromatic nitrogens is 2. The summed E-state index contributed by atoms with van der Waals surface area (Å²) in [6, 6.07) is 16.6. The zero-order valence-electron chi connectivity index (χ0n) is 18.0. The van der Waals surface area contributed by atoms with Crippen LogP contribution in [-0.2, 0) is 8.93 Å². The van der Waals surface area contributed by atoms with E-state index in [1.165, 1.54) is 45.1 Å². The first kappa shape index (κ1) is 22.4. The summed E-state index contributed by atoms with van der Waals surface area (Å²) in [5, 5.41) is 9.91. The second-order valence-corrected chi connectivity index (χ2v) is 10.6. The van der Waals surface area contributed by atoms with Gasteiger partial charge in [-0.15, -0.1) is 0 Å². The van der Waals surface area contributed by atoms with Gasteiger partial charge in [-0.1, -0.05) is 54.6 Å². The van der Waals surface area contributed by atoms with Gasteiger partial charge >= 0.3 is 5.69 Å². The Morgan fingerprint density at radius 1 is 1.15 bits per heavy atom. The minimum Gasteiger partial charge on any atom is -0.392 e. The van der Waals surface area contributed by atoms with E-state index in [-0.39, 0.29) is 23.3 Å². The third kappa shape index (κ3) is 3.85. The van der Waals surface area contributed by atoms with E-state index in [4.69, 9.17) is 4.18 Å². The fourth-order valence-electron chi connectivity index (χ4n) is 4.89. The van der Waals surface area contributed by atoms with E-state index in [2.05, 4.69) is 76.4 Å². The second-order valence-electron chi connectivity index (χ2n) is 8.54. The lowest BCUT2D eigenvalue weighted by Crippen LogP contribution is -2.31. The van der Waals surface area contributed by atoms with E-state index in [0.29, 0.717) is 17.5 Å². The first-order valence-corrected chi connectivity index (χ1v) is 12.3. The topological polar surface area (TPSA) is 84.3 Å². The van der Waals surface area contributed by atoms with Crippen LogP contribution in [0, 0.1) is 5.92 Å². The minimum atomic E-state index is -0.468. The number of H-pyrrole nitrogens is 1. The van der Waals surface area contributed by atoms with Gasteiger partial charge in [0.05, 0.1) is 28.5 Å². The number of aromatic amines is 1. The normalized spacial score (nSPS) is 20.4. The molecule has 0 spiro atoms. The van der Waals surface area contributed by atoms with Crippen molar-refractivity contribution in [3.63, 3.8) is 0 Å². The molecule has 0 amide bonds. The van der Waals surface area contributed by atoms with Crippen molar-refractivity contribution in [2.75, 3.05) is 13.2 Å². The number of hydrogen-bond donors (Lipinski definition) is 2. The first-order chi connectivity index (χ1) is 15.9. The van der Waals surface area contributed by atoms with Crippen molar-refractivity contribution in [3.05, 3.63) is 103 Å². The van der Waals surface area contributed by atoms with Crippen LogP contribution in [0.4, 0.5) is 0 Å². The summed E-state index contributed by atoms with van der Waals surface area (Å²) in [7, 11) is 0. The van der Waals surface area contributed by atoms with Crippen LogP contribution in [0.1, 0.15) is 30.5 Å². The van der Waals surface area contributed by atoms with Gasteiger partial charge in [-0.3, -0.25) is 14.3 Å². The molecule has 170 valence electrons. The summed E-state index contributed by atoms with van der Waals surface area (Å²) in [4.78, 5) is 26.3. The van der Waals surface area contributed by atoms with Crippen molar-refractivity contribution >= 4 is 28.0 Å². The maximum absolute atomic E-state index is 12.3. The first-order valence-electron chi connectivity index (χ1n) is 10.7. The van der Waals surface area contributed by atoms with Gasteiger partial charge in [-0.2, -0.15) is 0 Å². The van der Waals surface area contributed by atoms with Crippen molar-refractivity contribution in [2.24, 2.45) is 5.92 Å². The molecule has 0 radical (unpaired) electrons. The van der Waals surface area contributed by atoms with Gasteiger partial charge in [-0.05, 0) is 57.1 Å². The molecule has 6 nitrogen and oxygen atoms in total. The Kier molecular flexibility index (Phi) is 5.95. The lowest BCUT2D eigenvalue weighted by molar-refractivity contribution is 0.263. The SMILES string of the molecule is CC1(SOC[C@H]2C[C@@H](n3cc(Br)c(=O)[nH]c3=O)C=C2CO)c2ccccc2-c2ccccc21. The highest BCUT2D eigenvalue weighted by atomic mass is 79.9. The Labute approximate surface area is 203 Å². The number of aliphatic hydroxyl groups is 1.